The Morgan fingerprint density at radius 1 is 1.36 bits per heavy atom. The van der Waals surface area contributed by atoms with E-state index in [0.29, 0.717) is 0 Å². The summed E-state index contributed by atoms with van der Waals surface area (Å²) in [6.45, 7) is 6.78. The van der Waals surface area contributed by atoms with E-state index in [4.69, 9.17) is 4.74 Å². The molecule has 0 aromatic carbocycles. The van der Waals surface area contributed by atoms with Crippen molar-refractivity contribution in [2.45, 2.75) is 12.7 Å². The van der Waals surface area contributed by atoms with Crippen LogP contribution in [-0.2, 0) is 10.5 Å². The van der Waals surface area contributed by atoms with Crippen molar-refractivity contribution in [3.8, 4) is 0 Å². The maximum atomic E-state index is 12.1. The first kappa shape index (κ1) is 15.5. The summed E-state index contributed by atoms with van der Waals surface area (Å²) in [5.41, 5.74) is 2.65. The van der Waals surface area contributed by atoms with Gasteiger partial charge in [0.1, 0.15) is 5.65 Å². The van der Waals surface area contributed by atoms with Crippen molar-refractivity contribution in [2.24, 2.45) is 0 Å². The first-order valence-corrected chi connectivity index (χ1v) is 8.75. The van der Waals surface area contributed by atoms with Gasteiger partial charge in [0.2, 0.25) is 0 Å². The molecule has 1 aliphatic heterocycles. The summed E-state index contributed by atoms with van der Waals surface area (Å²) in [6.07, 6.45) is 1.77. The number of rotatable bonds is 5. The van der Waals surface area contributed by atoms with Gasteiger partial charge in [0.15, 0.2) is 0 Å². The molecule has 3 heterocycles. The predicted molar refractivity (Wildman–Crippen MR) is 89.6 cm³/mol. The Balaban J connectivity index is 1.59. The van der Waals surface area contributed by atoms with Gasteiger partial charge < -0.3 is 4.74 Å². The third-order valence-corrected chi connectivity index (χ3v) is 4.82. The Morgan fingerprint density at radius 3 is 3.00 bits per heavy atom. The van der Waals surface area contributed by atoms with E-state index in [1.807, 2.05) is 30.8 Å². The van der Waals surface area contributed by atoms with Crippen LogP contribution in [0.25, 0.3) is 5.65 Å². The number of thioether (sulfide) groups is 1. The number of nitrogens with zero attached hydrogens (tertiary/aromatic N) is 3. The van der Waals surface area contributed by atoms with E-state index in [9.17, 15) is 4.79 Å². The van der Waals surface area contributed by atoms with Gasteiger partial charge in [-0.05, 0) is 18.6 Å². The number of morpholine rings is 1. The van der Waals surface area contributed by atoms with Crippen LogP contribution in [0.4, 0.5) is 0 Å². The molecule has 0 radical (unpaired) electrons. The van der Waals surface area contributed by atoms with Crippen LogP contribution >= 0.6 is 11.8 Å². The SMILES string of the molecule is Cc1cccn2c(=O)cc(CSCCN3CCOCC3)nc12. The van der Waals surface area contributed by atoms with Crippen LogP contribution < -0.4 is 5.56 Å². The van der Waals surface area contributed by atoms with Crippen molar-refractivity contribution in [1.82, 2.24) is 14.3 Å². The molecule has 3 rings (SSSR count). The monoisotopic (exact) mass is 319 g/mol. The van der Waals surface area contributed by atoms with Gasteiger partial charge in [0.05, 0.1) is 18.9 Å². The number of hydrogen-bond acceptors (Lipinski definition) is 5. The average Bonchev–Trinajstić information content (AvgIpc) is 2.54. The van der Waals surface area contributed by atoms with Gasteiger partial charge in [-0.3, -0.25) is 14.1 Å². The molecule has 0 spiro atoms. The fraction of sp³-hybridized carbons (Fsp3) is 0.500. The second kappa shape index (κ2) is 7.26. The average molecular weight is 319 g/mol. The predicted octanol–water partition coefficient (Wildman–Crippen LogP) is 1.57. The molecule has 0 unspecified atom stereocenters. The highest BCUT2D eigenvalue weighted by Gasteiger charge is 2.10. The standard InChI is InChI=1S/C16H21N3O2S/c1-13-3-2-4-19-15(20)11-14(17-16(13)19)12-22-10-7-18-5-8-21-9-6-18/h2-4,11H,5-10,12H2,1H3. The molecule has 1 saturated heterocycles. The smallest absolute Gasteiger partial charge is 0.258 e. The van der Waals surface area contributed by atoms with Gasteiger partial charge in [-0.2, -0.15) is 11.8 Å². The Labute approximate surface area is 134 Å². The highest BCUT2D eigenvalue weighted by Crippen LogP contribution is 2.12. The first-order chi connectivity index (χ1) is 10.7. The van der Waals surface area contributed by atoms with Crippen LogP contribution in [0, 0.1) is 6.92 Å². The maximum Gasteiger partial charge on any atom is 0.258 e. The number of ether oxygens (including phenoxy) is 1. The molecule has 0 bridgehead atoms. The lowest BCUT2D eigenvalue weighted by Gasteiger charge is -2.26. The molecule has 6 heteroatoms. The Hall–Kier alpha value is -1.37. The first-order valence-electron chi connectivity index (χ1n) is 7.60. The third kappa shape index (κ3) is 3.69. The van der Waals surface area contributed by atoms with E-state index in [1.54, 1.807) is 16.7 Å². The summed E-state index contributed by atoms with van der Waals surface area (Å²) in [7, 11) is 0. The number of hydrogen-bond donors (Lipinski definition) is 0. The van der Waals surface area contributed by atoms with Crippen LogP contribution in [0.1, 0.15) is 11.3 Å². The molecule has 1 fully saturated rings. The van der Waals surface area contributed by atoms with Crippen LogP contribution in [0.3, 0.4) is 0 Å². The highest BCUT2D eigenvalue weighted by atomic mass is 32.2. The number of fused-ring (bicyclic) bond motifs is 1. The van der Waals surface area contributed by atoms with Crippen molar-refractivity contribution < 1.29 is 4.74 Å². The van der Waals surface area contributed by atoms with E-state index in [1.165, 1.54) is 0 Å². The molecule has 118 valence electrons. The zero-order valence-corrected chi connectivity index (χ0v) is 13.6. The number of aromatic nitrogens is 2. The summed E-state index contributed by atoms with van der Waals surface area (Å²) in [6, 6.07) is 5.51. The quantitative estimate of drug-likeness (QED) is 0.783. The van der Waals surface area contributed by atoms with Gasteiger partial charge in [-0.1, -0.05) is 6.07 Å². The third-order valence-electron chi connectivity index (χ3n) is 3.84. The minimum Gasteiger partial charge on any atom is -0.379 e. The molecule has 5 nitrogen and oxygen atoms in total. The lowest BCUT2D eigenvalue weighted by atomic mass is 10.3. The lowest BCUT2D eigenvalue weighted by molar-refractivity contribution is 0.0410. The summed E-state index contributed by atoms with van der Waals surface area (Å²) in [5, 5.41) is 0. The van der Waals surface area contributed by atoms with Crippen LogP contribution in [0.2, 0.25) is 0 Å². The van der Waals surface area contributed by atoms with Crippen LogP contribution in [-0.4, -0.2) is 52.9 Å². The van der Waals surface area contributed by atoms with E-state index in [2.05, 4.69) is 9.88 Å². The molecule has 0 amide bonds. The molecule has 0 N–H and O–H groups in total. The molecule has 0 atom stereocenters. The van der Waals surface area contributed by atoms with Crippen molar-refractivity contribution in [3.63, 3.8) is 0 Å². The molecule has 0 aliphatic carbocycles. The molecule has 2 aromatic rings. The van der Waals surface area contributed by atoms with Crippen LogP contribution in [0.5, 0.6) is 0 Å². The van der Waals surface area contributed by atoms with Crippen LogP contribution in [0.15, 0.2) is 29.2 Å². The molecular weight excluding hydrogens is 298 g/mol. The zero-order chi connectivity index (χ0) is 15.4. The lowest BCUT2D eigenvalue weighted by Crippen LogP contribution is -2.37. The summed E-state index contributed by atoms with van der Waals surface area (Å²) in [5.74, 6) is 1.83. The Kier molecular flexibility index (Phi) is 5.12. The van der Waals surface area contributed by atoms with E-state index in [-0.39, 0.29) is 5.56 Å². The minimum atomic E-state index is -0.00233. The molecular formula is C16H21N3O2S. The Bertz CT molecular complexity index is 695. The largest absolute Gasteiger partial charge is 0.379 e. The van der Waals surface area contributed by atoms with E-state index >= 15 is 0 Å². The summed E-state index contributed by atoms with van der Waals surface area (Å²) < 4.78 is 6.95. The Morgan fingerprint density at radius 2 is 2.18 bits per heavy atom. The summed E-state index contributed by atoms with van der Waals surface area (Å²) in [4.78, 5) is 19.2. The van der Waals surface area contributed by atoms with Gasteiger partial charge in [-0.15, -0.1) is 0 Å². The van der Waals surface area contributed by atoms with Crippen molar-refractivity contribution in [1.29, 1.82) is 0 Å². The van der Waals surface area contributed by atoms with Crippen molar-refractivity contribution in [2.75, 3.05) is 38.6 Å². The van der Waals surface area contributed by atoms with E-state index in [0.717, 1.165) is 61.3 Å². The molecule has 2 aromatic heterocycles. The van der Waals surface area contributed by atoms with Gasteiger partial charge >= 0.3 is 0 Å². The topological polar surface area (TPSA) is 46.8 Å². The molecule has 0 saturated carbocycles. The van der Waals surface area contributed by atoms with Gasteiger partial charge in [0.25, 0.3) is 5.56 Å². The number of pyridine rings is 1. The summed E-state index contributed by atoms with van der Waals surface area (Å²) >= 11 is 1.83. The fourth-order valence-corrected chi connectivity index (χ4v) is 3.47. The molecule has 22 heavy (non-hydrogen) atoms. The fourth-order valence-electron chi connectivity index (χ4n) is 2.58. The second-order valence-corrected chi connectivity index (χ2v) is 6.58. The van der Waals surface area contributed by atoms with Gasteiger partial charge in [0, 0.05) is 43.4 Å². The minimum absolute atomic E-state index is 0.00233. The number of aryl methyl sites for hydroxylation is 1. The molecule has 1 aliphatic rings. The van der Waals surface area contributed by atoms with Crippen molar-refractivity contribution >= 4 is 17.4 Å². The second-order valence-electron chi connectivity index (χ2n) is 5.48. The zero-order valence-electron chi connectivity index (χ0n) is 12.8. The highest BCUT2D eigenvalue weighted by molar-refractivity contribution is 7.98. The van der Waals surface area contributed by atoms with Gasteiger partial charge in [-0.25, -0.2) is 4.98 Å². The van der Waals surface area contributed by atoms with E-state index < -0.39 is 0 Å². The van der Waals surface area contributed by atoms with Crippen molar-refractivity contribution in [3.05, 3.63) is 46.0 Å². The maximum absolute atomic E-state index is 12.1. The normalized spacial score (nSPS) is 16.2.